The van der Waals surface area contributed by atoms with Gasteiger partial charge in [-0.1, -0.05) is 81.2 Å². The summed E-state index contributed by atoms with van der Waals surface area (Å²) in [6, 6.07) is 15.9. The van der Waals surface area contributed by atoms with Crippen molar-refractivity contribution in [1.29, 1.82) is 0 Å². The predicted octanol–water partition coefficient (Wildman–Crippen LogP) is 5.74. The number of halogens is 2. The van der Waals surface area contributed by atoms with Crippen LogP contribution in [0, 0.1) is 0 Å². The monoisotopic (exact) mass is 534 g/mol. The van der Waals surface area contributed by atoms with E-state index in [1.807, 2.05) is 39.0 Å². The maximum Gasteiger partial charge on any atom is 0.240 e. The van der Waals surface area contributed by atoms with Crippen LogP contribution in [0.4, 0.5) is 5.82 Å². The van der Waals surface area contributed by atoms with Crippen LogP contribution in [0.25, 0.3) is 11.8 Å². The van der Waals surface area contributed by atoms with Crippen molar-refractivity contribution in [2.45, 2.75) is 33.1 Å². The first-order chi connectivity index (χ1) is 16.4. The molecule has 7 nitrogen and oxygen atoms in total. The van der Waals surface area contributed by atoms with Gasteiger partial charge in [0.2, 0.25) is 15.9 Å². The maximum absolute atomic E-state index is 12.9. The van der Waals surface area contributed by atoms with Crippen molar-refractivity contribution >= 4 is 51.0 Å². The highest BCUT2D eigenvalue weighted by atomic mass is 35.5. The number of carbonyl (C=O) groups excluding carboxylic acids is 1. The number of nitrogens with one attached hydrogen (secondary N) is 1. The van der Waals surface area contributed by atoms with Crippen LogP contribution < -0.4 is 5.32 Å². The minimum absolute atomic E-state index is 0.133. The molecule has 3 rings (SSSR count). The van der Waals surface area contributed by atoms with Gasteiger partial charge in [0, 0.05) is 23.4 Å². The fraction of sp³-hybridized carbons (Fsp3) is 0.280. The molecule has 0 unspecified atom stereocenters. The number of aromatic nitrogens is 2. The number of likely N-dealkylation sites (N-methyl/N-ethyl adjacent to an activating group) is 1. The summed E-state index contributed by atoms with van der Waals surface area (Å²) < 4.78 is 28.3. The van der Waals surface area contributed by atoms with Gasteiger partial charge in [-0.2, -0.15) is 9.40 Å². The first-order valence-electron chi connectivity index (χ1n) is 11.0. The molecule has 0 aliphatic carbocycles. The zero-order chi connectivity index (χ0) is 25.8. The van der Waals surface area contributed by atoms with Gasteiger partial charge in [-0.15, -0.1) is 0 Å². The van der Waals surface area contributed by atoms with Crippen LogP contribution in [0.3, 0.4) is 0 Å². The smallest absolute Gasteiger partial charge is 0.240 e. The van der Waals surface area contributed by atoms with E-state index in [1.54, 1.807) is 48.0 Å². The molecule has 2 aromatic carbocycles. The Morgan fingerprint density at radius 3 is 2.37 bits per heavy atom. The topological polar surface area (TPSA) is 84.3 Å². The Morgan fingerprint density at radius 1 is 1.09 bits per heavy atom. The molecule has 0 aliphatic rings. The van der Waals surface area contributed by atoms with Crippen molar-refractivity contribution in [1.82, 2.24) is 14.1 Å². The SMILES string of the molecule is CCN(CC(=O)Nc1cc(C(C)(C)C)nn1-c1ccc(Cl)c(Cl)c1)S(=O)(=O)C=Cc1ccccc1. The minimum Gasteiger partial charge on any atom is -0.309 e. The van der Waals surface area contributed by atoms with Crippen LogP contribution in [0.2, 0.25) is 10.0 Å². The summed E-state index contributed by atoms with van der Waals surface area (Å²) in [5, 5.41) is 9.30. The van der Waals surface area contributed by atoms with Crippen molar-refractivity contribution in [3.63, 3.8) is 0 Å². The molecule has 0 atom stereocenters. The molecule has 35 heavy (non-hydrogen) atoms. The number of amides is 1. The number of sulfonamides is 1. The van der Waals surface area contributed by atoms with E-state index < -0.39 is 15.9 Å². The van der Waals surface area contributed by atoms with E-state index in [-0.39, 0.29) is 18.5 Å². The van der Waals surface area contributed by atoms with Crippen LogP contribution in [-0.4, -0.2) is 41.5 Å². The average molecular weight is 535 g/mol. The van der Waals surface area contributed by atoms with E-state index in [1.165, 1.54) is 6.08 Å². The van der Waals surface area contributed by atoms with Crippen LogP contribution in [-0.2, 0) is 20.2 Å². The summed E-state index contributed by atoms with van der Waals surface area (Å²) in [5.74, 6) is -0.100. The van der Waals surface area contributed by atoms with Gasteiger partial charge in [-0.3, -0.25) is 4.79 Å². The fourth-order valence-electron chi connectivity index (χ4n) is 3.19. The van der Waals surface area contributed by atoms with Gasteiger partial charge in [-0.25, -0.2) is 13.1 Å². The molecule has 0 aliphatic heterocycles. The highest BCUT2D eigenvalue weighted by Gasteiger charge is 2.24. The first-order valence-corrected chi connectivity index (χ1v) is 13.3. The minimum atomic E-state index is -3.81. The maximum atomic E-state index is 12.9. The Bertz CT molecular complexity index is 1330. The van der Waals surface area contributed by atoms with E-state index >= 15 is 0 Å². The number of nitrogens with zero attached hydrogens (tertiary/aromatic N) is 3. The van der Waals surface area contributed by atoms with E-state index in [2.05, 4.69) is 10.4 Å². The molecule has 10 heteroatoms. The van der Waals surface area contributed by atoms with Gasteiger partial charge < -0.3 is 5.32 Å². The average Bonchev–Trinajstić information content (AvgIpc) is 3.23. The highest BCUT2D eigenvalue weighted by molar-refractivity contribution is 7.92. The van der Waals surface area contributed by atoms with Crippen LogP contribution in [0.5, 0.6) is 0 Å². The molecule has 0 bridgehead atoms. The Morgan fingerprint density at radius 2 is 1.77 bits per heavy atom. The van der Waals surface area contributed by atoms with Gasteiger partial charge in [0.1, 0.15) is 5.82 Å². The third-order valence-electron chi connectivity index (χ3n) is 5.16. The molecule has 3 aromatic rings. The quantitative estimate of drug-likeness (QED) is 0.399. The molecule has 0 saturated carbocycles. The third-order valence-corrected chi connectivity index (χ3v) is 7.48. The summed E-state index contributed by atoms with van der Waals surface area (Å²) in [5.41, 5.74) is 1.81. The summed E-state index contributed by atoms with van der Waals surface area (Å²) in [7, 11) is -3.81. The van der Waals surface area contributed by atoms with Crippen LogP contribution in [0.15, 0.2) is 60.0 Å². The molecular formula is C25H28Cl2N4O3S. The van der Waals surface area contributed by atoms with Gasteiger partial charge in [0.05, 0.1) is 28.0 Å². The summed E-state index contributed by atoms with van der Waals surface area (Å²) in [6.07, 6.45) is 1.50. The number of hydrogen-bond acceptors (Lipinski definition) is 4. The summed E-state index contributed by atoms with van der Waals surface area (Å²) in [4.78, 5) is 12.9. The van der Waals surface area contributed by atoms with E-state index in [0.29, 0.717) is 21.6 Å². The molecule has 0 fully saturated rings. The lowest BCUT2D eigenvalue weighted by Crippen LogP contribution is -2.37. The Balaban J connectivity index is 1.84. The first kappa shape index (κ1) is 26.9. The van der Waals surface area contributed by atoms with Crippen molar-refractivity contribution in [2.24, 2.45) is 0 Å². The molecule has 0 spiro atoms. The second-order valence-electron chi connectivity index (χ2n) is 8.91. The third kappa shape index (κ3) is 6.95. The zero-order valence-electron chi connectivity index (χ0n) is 20.0. The van der Waals surface area contributed by atoms with Gasteiger partial charge in [0.15, 0.2) is 0 Å². The normalized spacial score (nSPS) is 12.4. The predicted molar refractivity (Wildman–Crippen MR) is 143 cm³/mol. The van der Waals surface area contributed by atoms with Crippen LogP contribution in [0.1, 0.15) is 39.0 Å². The zero-order valence-corrected chi connectivity index (χ0v) is 22.3. The molecule has 0 saturated heterocycles. The highest BCUT2D eigenvalue weighted by Crippen LogP contribution is 2.29. The molecule has 1 N–H and O–H groups in total. The number of benzene rings is 2. The van der Waals surface area contributed by atoms with Crippen molar-refractivity contribution < 1.29 is 13.2 Å². The van der Waals surface area contributed by atoms with Gasteiger partial charge in [0.25, 0.3) is 0 Å². The number of rotatable bonds is 8. The van der Waals surface area contributed by atoms with Gasteiger partial charge in [-0.05, 0) is 29.8 Å². The van der Waals surface area contributed by atoms with Crippen molar-refractivity contribution in [3.8, 4) is 5.69 Å². The Hall–Kier alpha value is -2.65. The lowest BCUT2D eigenvalue weighted by molar-refractivity contribution is -0.116. The van der Waals surface area contributed by atoms with Crippen molar-refractivity contribution in [3.05, 3.63) is 81.3 Å². The molecule has 1 aromatic heterocycles. The fourth-order valence-corrected chi connectivity index (χ4v) is 4.64. The van der Waals surface area contributed by atoms with Crippen molar-refractivity contribution in [2.75, 3.05) is 18.4 Å². The van der Waals surface area contributed by atoms with E-state index in [9.17, 15) is 13.2 Å². The lowest BCUT2D eigenvalue weighted by atomic mass is 9.92. The molecule has 1 amide bonds. The Labute approximate surface area is 216 Å². The number of carbonyl (C=O) groups is 1. The molecule has 1 heterocycles. The molecule has 186 valence electrons. The number of hydrogen-bond donors (Lipinski definition) is 1. The second kappa shape index (κ2) is 11.0. The largest absolute Gasteiger partial charge is 0.309 e. The number of anilines is 1. The lowest BCUT2D eigenvalue weighted by Gasteiger charge is -2.18. The van der Waals surface area contributed by atoms with E-state index in [0.717, 1.165) is 21.0 Å². The summed E-state index contributed by atoms with van der Waals surface area (Å²) >= 11 is 12.2. The molecule has 0 radical (unpaired) electrons. The summed E-state index contributed by atoms with van der Waals surface area (Å²) in [6.45, 7) is 7.47. The molecular weight excluding hydrogens is 507 g/mol. The van der Waals surface area contributed by atoms with E-state index in [4.69, 9.17) is 23.2 Å². The van der Waals surface area contributed by atoms with Gasteiger partial charge >= 0.3 is 0 Å². The Kier molecular flexibility index (Phi) is 8.43. The standard InChI is InChI=1S/C25H28Cl2N4O3S/c1-5-30(35(33,34)14-13-18-9-7-6-8-10-18)17-24(32)28-23-16-22(25(2,3)4)29-31(23)19-11-12-20(26)21(27)15-19/h6-16H,5,17H2,1-4H3,(H,28,32). The second-order valence-corrected chi connectivity index (χ2v) is 11.5. The van der Waals surface area contributed by atoms with Crippen LogP contribution >= 0.6 is 23.2 Å².